The van der Waals surface area contributed by atoms with E-state index in [1.807, 2.05) is 36.0 Å². The van der Waals surface area contributed by atoms with Crippen LogP contribution in [0.5, 0.6) is 0 Å². The van der Waals surface area contributed by atoms with Gasteiger partial charge in [-0.05, 0) is 24.7 Å². The molecule has 2 rings (SSSR count). The van der Waals surface area contributed by atoms with Crippen LogP contribution in [0.2, 0.25) is 0 Å². The van der Waals surface area contributed by atoms with Crippen LogP contribution in [0.4, 0.5) is 0 Å². The van der Waals surface area contributed by atoms with Gasteiger partial charge in [0.1, 0.15) is 0 Å². The van der Waals surface area contributed by atoms with E-state index < -0.39 is 0 Å². The summed E-state index contributed by atoms with van der Waals surface area (Å²) in [4.78, 5) is 0. The minimum Gasteiger partial charge on any atom is -0.362 e. The van der Waals surface area contributed by atoms with Crippen molar-refractivity contribution in [3.05, 3.63) is 53.9 Å². The molecule has 0 bridgehead atoms. The van der Waals surface area contributed by atoms with Crippen molar-refractivity contribution < 1.29 is 0 Å². The molecule has 0 radical (unpaired) electrons. The molecular weight excluding hydrogens is 270 g/mol. The molecule has 1 aromatic carbocycles. The van der Waals surface area contributed by atoms with Crippen molar-refractivity contribution in [3.8, 4) is 0 Å². The maximum absolute atomic E-state index is 5.00. The molecule has 0 unspecified atom stereocenters. The highest BCUT2D eigenvalue weighted by Gasteiger charge is 1.97. The molecule has 0 amide bonds. The normalized spacial score (nSPS) is 10.7. The van der Waals surface area contributed by atoms with Crippen LogP contribution in [-0.2, 0) is 6.54 Å². The average molecular weight is 287 g/mol. The summed E-state index contributed by atoms with van der Waals surface area (Å²) in [5, 5.41) is 11.8. The van der Waals surface area contributed by atoms with Gasteiger partial charge in [-0.2, -0.15) is 10.2 Å². The van der Waals surface area contributed by atoms with Crippen LogP contribution in [0.25, 0.3) is 0 Å². The Morgan fingerprint density at radius 1 is 1.40 bits per heavy atom. The molecule has 0 atom stereocenters. The van der Waals surface area contributed by atoms with Crippen molar-refractivity contribution in [1.29, 1.82) is 0 Å². The number of benzene rings is 1. The zero-order valence-electron chi connectivity index (χ0n) is 11.3. The van der Waals surface area contributed by atoms with E-state index in [1.54, 1.807) is 12.4 Å². The highest BCUT2D eigenvalue weighted by atomic mass is 32.1. The van der Waals surface area contributed by atoms with Gasteiger partial charge < -0.3 is 5.32 Å². The molecule has 2 N–H and O–H groups in total. The molecule has 1 heterocycles. The first kappa shape index (κ1) is 14.2. The summed E-state index contributed by atoms with van der Waals surface area (Å²) in [5.74, 6) is 0. The summed E-state index contributed by atoms with van der Waals surface area (Å²) < 4.78 is 1.87. The fraction of sp³-hybridized carbons (Fsp3) is 0.214. The number of hydrazone groups is 1. The summed E-state index contributed by atoms with van der Waals surface area (Å²) in [5.41, 5.74) is 4.88. The number of nitrogens with one attached hydrogen (secondary N) is 2. The average Bonchev–Trinajstić information content (AvgIpc) is 2.88. The third kappa shape index (κ3) is 4.47. The third-order valence-electron chi connectivity index (χ3n) is 2.56. The third-order valence-corrected chi connectivity index (χ3v) is 2.79. The van der Waals surface area contributed by atoms with Crippen LogP contribution in [0.1, 0.15) is 18.1 Å². The van der Waals surface area contributed by atoms with Crippen molar-refractivity contribution in [2.24, 2.45) is 5.10 Å². The van der Waals surface area contributed by atoms with Gasteiger partial charge in [0.15, 0.2) is 5.11 Å². The second-order valence-electron chi connectivity index (χ2n) is 4.19. The second kappa shape index (κ2) is 7.40. The summed E-state index contributed by atoms with van der Waals surface area (Å²) in [7, 11) is 0. The number of aromatic nitrogens is 2. The van der Waals surface area contributed by atoms with Gasteiger partial charge in [0.05, 0.1) is 19.0 Å². The SMILES string of the molecule is CCNC(=S)N/N=C\c1cnn(Cc2ccccc2)c1. The van der Waals surface area contributed by atoms with Crippen LogP contribution >= 0.6 is 12.2 Å². The molecule has 2 aromatic rings. The minimum absolute atomic E-state index is 0.514. The Morgan fingerprint density at radius 3 is 2.95 bits per heavy atom. The Balaban J connectivity index is 1.89. The van der Waals surface area contributed by atoms with Crippen molar-refractivity contribution >= 4 is 23.5 Å². The van der Waals surface area contributed by atoms with Gasteiger partial charge >= 0.3 is 0 Å². The first-order chi connectivity index (χ1) is 9.78. The smallest absolute Gasteiger partial charge is 0.186 e. The Labute approximate surface area is 123 Å². The maximum atomic E-state index is 5.00. The van der Waals surface area contributed by atoms with E-state index >= 15 is 0 Å². The molecule has 6 heteroatoms. The lowest BCUT2D eigenvalue weighted by atomic mass is 10.2. The highest BCUT2D eigenvalue weighted by Crippen LogP contribution is 2.02. The van der Waals surface area contributed by atoms with Crippen molar-refractivity contribution in [1.82, 2.24) is 20.5 Å². The van der Waals surface area contributed by atoms with E-state index in [1.165, 1.54) is 5.56 Å². The molecule has 0 saturated heterocycles. The van der Waals surface area contributed by atoms with Gasteiger partial charge in [-0.3, -0.25) is 10.1 Å². The molecule has 0 spiro atoms. The van der Waals surface area contributed by atoms with E-state index in [0.717, 1.165) is 18.7 Å². The molecular formula is C14H17N5S. The Hall–Kier alpha value is -2.21. The fourth-order valence-corrected chi connectivity index (χ4v) is 1.87. The van der Waals surface area contributed by atoms with Crippen LogP contribution in [0.3, 0.4) is 0 Å². The van der Waals surface area contributed by atoms with Gasteiger partial charge in [0, 0.05) is 18.3 Å². The lowest BCUT2D eigenvalue weighted by molar-refractivity contribution is 0.687. The Kier molecular flexibility index (Phi) is 5.25. The summed E-state index contributed by atoms with van der Waals surface area (Å²) in [6.07, 6.45) is 5.40. The summed E-state index contributed by atoms with van der Waals surface area (Å²) >= 11 is 5.00. The summed E-state index contributed by atoms with van der Waals surface area (Å²) in [6, 6.07) is 10.2. The number of hydrogen-bond donors (Lipinski definition) is 2. The van der Waals surface area contributed by atoms with Crippen molar-refractivity contribution in [2.45, 2.75) is 13.5 Å². The van der Waals surface area contributed by atoms with Gasteiger partial charge in [0.2, 0.25) is 0 Å². The Bertz CT molecular complexity index is 576. The molecule has 0 aliphatic rings. The van der Waals surface area contributed by atoms with Gasteiger partial charge in [-0.25, -0.2) is 0 Å². The number of thiocarbonyl (C=S) groups is 1. The fourth-order valence-electron chi connectivity index (χ4n) is 1.67. The maximum Gasteiger partial charge on any atom is 0.186 e. The highest BCUT2D eigenvalue weighted by molar-refractivity contribution is 7.80. The second-order valence-corrected chi connectivity index (χ2v) is 4.59. The van der Waals surface area contributed by atoms with Crippen molar-refractivity contribution in [3.63, 3.8) is 0 Å². The lowest BCUT2D eigenvalue weighted by Crippen LogP contribution is -2.31. The zero-order chi connectivity index (χ0) is 14.2. The first-order valence-corrected chi connectivity index (χ1v) is 6.82. The minimum atomic E-state index is 0.514. The molecule has 0 aliphatic heterocycles. The first-order valence-electron chi connectivity index (χ1n) is 6.41. The molecule has 0 fully saturated rings. The summed E-state index contributed by atoms with van der Waals surface area (Å²) in [6.45, 7) is 3.50. The zero-order valence-corrected chi connectivity index (χ0v) is 12.1. The molecule has 20 heavy (non-hydrogen) atoms. The lowest BCUT2D eigenvalue weighted by Gasteiger charge is -2.02. The van der Waals surface area contributed by atoms with Gasteiger partial charge in [0.25, 0.3) is 0 Å². The predicted octanol–water partition coefficient (Wildman–Crippen LogP) is 1.75. The van der Waals surface area contributed by atoms with Crippen LogP contribution in [-0.4, -0.2) is 27.7 Å². The number of rotatable bonds is 5. The topological polar surface area (TPSA) is 54.2 Å². The number of nitrogens with zero attached hydrogens (tertiary/aromatic N) is 3. The van der Waals surface area contributed by atoms with E-state index in [-0.39, 0.29) is 0 Å². The van der Waals surface area contributed by atoms with E-state index in [2.05, 4.69) is 33.1 Å². The number of hydrogen-bond acceptors (Lipinski definition) is 3. The van der Waals surface area contributed by atoms with Crippen LogP contribution < -0.4 is 10.7 Å². The van der Waals surface area contributed by atoms with E-state index in [4.69, 9.17) is 12.2 Å². The molecule has 0 aliphatic carbocycles. The quantitative estimate of drug-likeness (QED) is 0.500. The molecule has 5 nitrogen and oxygen atoms in total. The predicted molar refractivity (Wildman–Crippen MR) is 84.8 cm³/mol. The van der Waals surface area contributed by atoms with Crippen LogP contribution in [0, 0.1) is 0 Å². The van der Waals surface area contributed by atoms with Gasteiger partial charge in [-0.15, -0.1) is 0 Å². The van der Waals surface area contributed by atoms with E-state index in [0.29, 0.717) is 5.11 Å². The van der Waals surface area contributed by atoms with E-state index in [9.17, 15) is 0 Å². The van der Waals surface area contributed by atoms with Crippen molar-refractivity contribution in [2.75, 3.05) is 6.54 Å². The monoisotopic (exact) mass is 287 g/mol. The molecule has 1 aromatic heterocycles. The van der Waals surface area contributed by atoms with Crippen LogP contribution in [0.15, 0.2) is 47.8 Å². The molecule has 0 saturated carbocycles. The molecule has 104 valence electrons. The van der Waals surface area contributed by atoms with Gasteiger partial charge in [-0.1, -0.05) is 30.3 Å². The largest absolute Gasteiger partial charge is 0.362 e. The Morgan fingerprint density at radius 2 is 2.20 bits per heavy atom. The standard InChI is InChI=1S/C14H17N5S/c1-2-15-14(20)18-16-8-13-9-17-19(11-13)10-12-6-4-3-5-7-12/h3-9,11H,2,10H2,1H3,(H2,15,18,20)/b16-8-.